The molecule has 0 aliphatic heterocycles. The van der Waals surface area contributed by atoms with Crippen molar-refractivity contribution in [1.82, 2.24) is 9.97 Å². The van der Waals surface area contributed by atoms with Gasteiger partial charge in [0.05, 0.1) is 29.8 Å². The van der Waals surface area contributed by atoms with Crippen LogP contribution in [0.4, 0.5) is 5.13 Å². The third kappa shape index (κ3) is 4.14. The first-order valence-electron chi connectivity index (χ1n) is 8.52. The molecule has 5 nitrogen and oxygen atoms in total. The summed E-state index contributed by atoms with van der Waals surface area (Å²) in [6, 6.07) is 11.8. The van der Waals surface area contributed by atoms with Crippen molar-refractivity contribution in [2.45, 2.75) is 13.3 Å². The Morgan fingerprint density at radius 1 is 1.14 bits per heavy atom. The number of carbonyl (C=O) groups excluding carboxylic acids is 1. The molecule has 4 aromatic rings. The number of hydrogen-bond acceptors (Lipinski definition) is 7. The van der Waals surface area contributed by atoms with Crippen LogP contribution in [0, 0.1) is 6.92 Å². The number of nitrogens with one attached hydrogen (secondary N) is 1. The number of amides is 1. The number of ether oxygens (including phenoxy) is 1. The zero-order valence-corrected chi connectivity index (χ0v) is 17.7. The quantitative estimate of drug-likeness (QED) is 0.442. The van der Waals surface area contributed by atoms with Crippen LogP contribution in [0.25, 0.3) is 21.1 Å². The lowest BCUT2D eigenvalue weighted by atomic mass is 10.1. The summed E-state index contributed by atoms with van der Waals surface area (Å²) in [7, 11) is 1.64. The molecule has 3 heterocycles. The van der Waals surface area contributed by atoms with E-state index in [4.69, 9.17) is 4.74 Å². The van der Waals surface area contributed by atoms with E-state index in [9.17, 15) is 4.79 Å². The van der Waals surface area contributed by atoms with Crippen molar-refractivity contribution < 1.29 is 9.53 Å². The van der Waals surface area contributed by atoms with Crippen molar-refractivity contribution in [1.29, 1.82) is 0 Å². The van der Waals surface area contributed by atoms with Gasteiger partial charge in [0.2, 0.25) is 5.91 Å². The van der Waals surface area contributed by atoms with Gasteiger partial charge in [-0.2, -0.15) is 0 Å². The highest BCUT2D eigenvalue weighted by Gasteiger charge is 2.14. The van der Waals surface area contributed by atoms with Crippen molar-refractivity contribution in [3.8, 4) is 26.9 Å². The van der Waals surface area contributed by atoms with Crippen LogP contribution in [-0.2, 0) is 11.2 Å². The lowest BCUT2D eigenvalue weighted by Crippen LogP contribution is -2.14. The van der Waals surface area contributed by atoms with Crippen molar-refractivity contribution >= 4 is 45.0 Å². The summed E-state index contributed by atoms with van der Waals surface area (Å²) >= 11 is 4.68. The Hall–Kier alpha value is -2.55. The lowest BCUT2D eigenvalue weighted by molar-refractivity contribution is -0.115. The summed E-state index contributed by atoms with van der Waals surface area (Å²) in [5.41, 5.74) is 2.64. The van der Waals surface area contributed by atoms with Crippen LogP contribution in [0.3, 0.4) is 0 Å². The predicted molar refractivity (Wildman–Crippen MR) is 117 cm³/mol. The van der Waals surface area contributed by atoms with E-state index >= 15 is 0 Å². The van der Waals surface area contributed by atoms with E-state index < -0.39 is 0 Å². The largest absolute Gasteiger partial charge is 0.497 e. The number of thiophene rings is 1. The summed E-state index contributed by atoms with van der Waals surface area (Å²) in [6.07, 6.45) is 0.234. The second-order valence-electron chi connectivity index (χ2n) is 6.00. The van der Waals surface area contributed by atoms with Crippen LogP contribution in [0.2, 0.25) is 0 Å². The highest BCUT2D eigenvalue weighted by molar-refractivity contribution is 7.20. The molecule has 3 aromatic heterocycles. The monoisotopic (exact) mass is 427 g/mol. The van der Waals surface area contributed by atoms with E-state index in [1.807, 2.05) is 54.1 Å². The molecular weight excluding hydrogens is 410 g/mol. The Morgan fingerprint density at radius 2 is 1.96 bits per heavy atom. The smallest absolute Gasteiger partial charge is 0.232 e. The molecule has 0 atom stereocenters. The van der Waals surface area contributed by atoms with Crippen molar-refractivity contribution in [3.63, 3.8) is 0 Å². The number of hydrogen-bond donors (Lipinski definition) is 1. The van der Waals surface area contributed by atoms with Gasteiger partial charge >= 0.3 is 0 Å². The van der Waals surface area contributed by atoms with Gasteiger partial charge in [-0.25, -0.2) is 9.97 Å². The Labute approximate surface area is 174 Å². The van der Waals surface area contributed by atoms with E-state index in [1.165, 1.54) is 11.3 Å². The van der Waals surface area contributed by atoms with Gasteiger partial charge in [0, 0.05) is 15.8 Å². The minimum atomic E-state index is -0.113. The molecule has 1 N–H and O–H groups in total. The van der Waals surface area contributed by atoms with Gasteiger partial charge < -0.3 is 10.1 Å². The first-order valence-corrected chi connectivity index (χ1v) is 11.1. The van der Waals surface area contributed by atoms with E-state index in [2.05, 4.69) is 15.3 Å². The van der Waals surface area contributed by atoms with Crippen LogP contribution in [-0.4, -0.2) is 23.0 Å². The Balaban J connectivity index is 1.43. The van der Waals surface area contributed by atoms with Gasteiger partial charge in [-0.15, -0.1) is 34.0 Å². The maximum absolute atomic E-state index is 12.4. The zero-order chi connectivity index (χ0) is 19.5. The number of methoxy groups -OCH3 is 1. The maximum Gasteiger partial charge on any atom is 0.232 e. The number of rotatable bonds is 6. The van der Waals surface area contributed by atoms with Gasteiger partial charge in [-0.1, -0.05) is 6.07 Å². The second-order valence-corrected chi connectivity index (χ2v) is 9.01. The number of thiazole rings is 2. The molecule has 0 fully saturated rings. The molecule has 1 amide bonds. The normalized spacial score (nSPS) is 10.8. The Morgan fingerprint density at radius 3 is 2.68 bits per heavy atom. The number of aryl methyl sites for hydroxylation is 1. The fourth-order valence-corrected chi connectivity index (χ4v) is 5.18. The van der Waals surface area contributed by atoms with Gasteiger partial charge in [0.1, 0.15) is 10.8 Å². The van der Waals surface area contributed by atoms with Crippen molar-refractivity contribution in [3.05, 3.63) is 57.7 Å². The average Bonchev–Trinajstić information content (AvgIpc) is 3.43. The summed E-state index contributed by atoms with van der Waals surface area (Å²) in [6.45, 7) is 2.00. The molecule has 0 bridgehead atoms. The van der Waals surface area contributed by atoms with Gasteiger partial charge in [0.15, 0.2) is 5.13 Å². The fourth-order valence-electron chi connectivity index (χ4n) is 2.70. The average molecular weight is 428 g/mol. The number of carbonyl (C=O) groups is 1. The minimum absolute atomic E-state index is 0.113. The van der Waals surface area contributed by atoms with Gasteiger partial charge in [-0.3, -0.25) is 4.79 Å². The van der Waals surface area contributed by atoms with Gasteiger partial charge in [0.25, 0.3) is 0 Å². The summed E-state index contributed by atoms with van der Waals surface area (Å²) in [5, 5.41) is 8.40. The first kappa shape index (κ1) is 18.8. The standard InChI is InChI=1S/C20H17N3O2S3/c1-12-18(13-5-7-15(25-2)8-6-13)23-20(28-12)22-17(24)10-14-11-27-19(21-14)16-4-3-9-26-16/h3-9,11H,10H2,1-2H3,(H,22,23,24). The summed E-state index contributed by atoms with van der Waals surface area (Å²) in [5.74, 6) is 0.688. The molecule has 1 aromatic carbocycles. The van der Waals surface area contributed by atoms with Crippen molar-refractivity contribution in [2.24, 2.45) is 0 Å². The fraction of sp³-hybridized carbons (Fsp3) is 0.150. The first-order chi connectivity index (χ1) is 13.6. The van der Waals surface area contributed by atoms with Crippen LogP contribution >= 0.6 is 34.0 Å². The maximum atomic E-state index is 12.4. The molecule has 142 valence electrons. The van der Waals surface area contributed by atoms with Crippen LogP contribution in [0.1, 0.15) is 10.6 Å². The van der Waals surface area contributed by atoms with Crippen LogP contribution in [0.15, 0.2) is 47.2 Å². The molecule has 0 saturated carbocycles. The number of anilines is 1. The molecule has 4 rings (SSSR count). The van der Waals surface area contributed by atoms with Crippen LogP contribution < -0.4 is 10.1 Å². The van der Waals surface area contributed by atoms with E-state index in [-0.39, 0.29) is 12.3 Å². The van der Waals surface area contributed by atoms with E-state index in [0.717, 1.165) is 37.5 Å². The van der Waals surface area contributed by atoms with Crippen molar-refractivity contribution in [2.75, 3.05) is 12.4 Å². The summed E-state index contributed by atoms with van der Waals surface area (Å²) < 4.78 is 5.20. The highest BCUT2D eigenvalue weighted by Crippen LogP contribution is 2.32. The molecular formula is C20H17N3O2S3. The Bertz CT molecular complexity index is 1080. The number of aromatic nitrogens is 2. The predicted octanol–water partition coefficient (Wildman–Crippen LogP) is 5.49. The minimum Gasteiger partial charge on any atom is -0.497 e. The van der Waals surface area contributed by atoms with E-state index in [0.29, 0.717) is 5.13 Å². The molecule has 0 saturated heterocycles. The molecule has 0 aliphatic rings. The summed E-state index contributed by atoms with van der Waals surface area (Å²) in [4.78, 5) is 23.7. The number of nitrogens with zero attached hydrogens (tertiary/aromatic N) is 2. The molecule has 0 spiro atoms. The van der Waals surface area contributed by atoms with E-state index in [1.54, 1.807) is 29.8 Å². The van der Waals surface area contributed by atoms with Gasteiger partial charge in [-0.05, 0) is 42.6 Å². The SMILES string of the molecule is COc1ccc(-c2nc(NC(=O)Cc3csc(-c4cccs4)n3)sc2C)cc1. The van der Waals surface area contributed by atoms with Crippen LogP contribution in [0.5, 0.6) is 5.75 Å². The number of benzene rings is 1. The second kappa shape index (κ2) is 8.22. The molecule has 28 heavy (non-hydrogen) atoms. The highest BCUT2D eigenvalue weighted by atomic mass is 32.1. The molecule has 0 unspecified atom stereocenters. The zero-order valence-electron chi connectivity index (χ0n) is 15.3. The topological polar surface area (TPSA) is 64.1 Å². The Kier molecular flexibility index (Phi) is 5.52. The molecule has 8 heteroatoms. The lowest BCUT2D eigenvalue weighted by Gasteiger charge is -2.02. The molecule has 0 radical (unpaired) electrons. The third-order valence-electron chi connectivity index (χ3n) is 4.03. The third-order valence-corrected chi connectivity index (χ3v) is 6.85. The molecule has 0 aliphatic carbocycles.